The summed E-state index contributed by atoms with van der Waals surface area (Å²) in [4.78, 5) is 0. The van der Waals surface area contributed by atoms with Crippen molar-refractivity contribution >= 4 is 0 Å². The SMILES string of the molecule is c1ccc(-c2c[n+](-c3ccccc3)c(-c3ccc(-c4oc(-c5ccccc5)c[n+]4-c4ccccc4)cc3)o2)cc1. The van der Waals surface area contributed by atoms with Gasteiger partial charge in [-0.3, -0.25) is 0 Å². The van der Waals surface area contributed by atoms with E-state index in [2.05, 4.69) is 94.3 Å². The molecule has 4 nitrogen and oxygen atoms in total. The largest absolute Gasteiger partial charge is 0.397 e. The Kier molecular flexibility index (Phi) is 6.11. The van der Waals surface area contributed by atoms with Crippen LogP contribution < -0.4 is 9.13 Å². The molecule has 0 saturated carbocycles. The van der Waals surface area contributed by atoms with Crippen LogP contribution in [0.3, 0.4) is 0 Å². The minimum Gasteiger partial charge on any atom is -0.397 e. The Morgan fingerprint density at radius 3 is 1.00 bits per heavy atom. The molecular formula is C36H26N2O2+2. The maximum atomic E-state index is 6.48. The van der Waals surface area contributed by atoms with Gasteiger partial charge >= 0.3 is 11.8 Å². The predicted molar refractivity (Wildman–Crippen MR) is 156 cm³/mol. The summed E-state index contributed by atoms with van der Waals surface area (Å²) in [6.07, 6.45) is 4.10. The molecule has 5 aromatic carbocycles. The summed E-state index contributed by atoms with van der Waals surface area (Å²) >= 11 is 0. The van der Waals surface area contributed by atoms with Crippen molar-refractivity contribution in [3.63, 3.8) is 0 Å². The summed E-state index contributed by atoms with van der Waals surface area (Å²) in [5.41, 5.74) is 6.07. The molecule has 190 valence electrons. The molecule has 4 heteroatoms. The number of benzene rings is 5. The van der Waals surface area contributed by atoms with E-state index >= 15 is 0 Å². The van der Waals surface area contributed by atoms with Crippen molar-refractivity contribution in [2.45, 2.75) is 0 Å². The Hall–Kier alpha value is -5.48. The zero-order valence-corrected chi connectivity index (χ0v) is 21.7. The molecule has 0 atom stereocenters. The first-order chi connectivity index (χ1) is 19.8. The van der Waals surface area contributed by atoms with Gasteiger partial charge in [-0.2, -0.15) is 0 Å². The van der Waals surface area contributed by atoms with E-state index in [4.69, 9.17) is 8.83 Å². The summed E-state index contributed by atoms with van der Waals surface area (Å²) in [6.45, 7) is 0. The molecule has 0 aliphatic rings. The van der Waals surface area contributed by atoms with E-state index in [0.717, 1.165) is 56.9 Å². The maximum absolute atomic E-state index is 6.48. The highest BCUT2D eigenvalue weighted by Gasteiger charge is 2.27. The molecule has 0 N–H and O–H groups in total. The molecule has 0 spiro atoms. The van der Waals surface area contributed by atoms with E-state index < -0.39 is 0 Å². The predicted octanol–water partition coefficient (Wildman–Crippen LogP) is 8.09. The van der Waals surface area contributed by atoms with E-state index in [0.29, 0.717) is 0 Å². The van der Waals surface area contributed by atoms with E-state index in [1.165, 1.54) is 0 Å². The second-order valence-electron chi connectivity index (χ2n) is 9.52. The molecule has 40 heavy (non-hydrogen) atoms. The van der Waals surface area contributed by atoms with Gasteiger partial charge in [0.1, 0.15) is 0 Å². The van der Waals surface area contributed by atoms with Crippen LogP contribution in [-0.2, 0) is 0 Å². The van der Waals surface area contributed by atoms with E-state index in [1.807, 2.05) is 72.8 Å². The molecule has 0 unspecified atom stereocenters. The maximum Gasteiger partial charge on any atom is 0.387 e. The third-order valence-corrected chi connectivity index (χ3v) is 6.91. The fourth-order valence-corrected chi connectivity index (χ4v) is 4.90. The topological polar surface area (TPSA) is 34.0 Å². The van der Waals surface area contributed by atoms with Crippen molar-refractivity contribution in [2.75, 3.05) is 0 Å². The number of nitrogens with zero attached hydrogens (tertiary/aromatic N) is 2. The highest BCUT2D eigenvalue weighted by Crippen LogP contribution is 2.30. The standard InChI is InChI=1S/C36H26N2O2/c1-5-13-27(14-6-1)33-25-37(31-17-9-3-10-18-31)35(39-33)29-21-23-30(24-22-29)36-38(32-19-11-4-12-20-32)26-34(40-36)28-15-7-2-8-16-28/h1-26H/q+2. The summed E-state index contributed by atoms with van der Waals surface area (Å²) in [6, 6.07) is 49.2. The Morgan fingerprint density at radius 2 is 0.650 bits per heavy atom. The van der Waals surface area contributed by atoms with Gasteiger partial charge < -0.3 is 8.83 Å². The highest BCUT2D eigenvalue weighted by molar-refractivity contribution is 5.64. The summed E-state index contributed by atoms with van der Waals surface area (Å²) in [5, 5.41) is 0. The minimum atomic E-state index is 0.761. The van der Waals surface area contributed by atoms with Gasteiger partial charge in [0.25, 0.3) is 0 Å². The van der Waals surface area contributed by atoms with Crippen molar-refractivity contribution in [3.05, 3.63) is 158 Å². The summed E-state index contributed by atoms with van der Waals surface area (Å²) in [7, 11) is 0. The Balaban J connectivity index is 1.32. The number of oxazole rings is 2. The lowest BCUT2D eigenvalue weighted by molar-refractivity contribution is -0.586. The third-order valence-electron chi connectivity index (χ3n) is 6.91. The van der Waals surface area contributed by atoms with Gasteiger partial charge in [0.05, 0.1) is 11.1 Å². The average Bonchev–Trinajstić information content (AvgIpc) is 3.69. The monoisotopic (exact) mass is 518 g/mol. The molecule has 0 saturated heterocycles. The molecule has 7 aromatic rings. The second-order valence-corrected chi connectivity index (χ2v) is 9.52. The van der Waals surface area contributed by atoms with Crippen LogP contribution in [0.4, 0.5) is 0 Å². The van der Waals surface area contributed by atoms with Gasteiger partial charge in [0.15, 0.2) is 0 Å². The van der Waals surface area contributed by atoms with Crippen LogP contribution >= 0.6 is 0 Å². The van der Waals surface area contributed by atoms with E-state index in [-0.39, 0.29) is 0 Å². The van der Waals surface area contributed by atoms with Crippen LogP contribution in [0.1, 0.15) is 0 Å². The molecule has 2 aromatic heterocycles. The molecule has 0 bridgehead atoms. The lowest BCUT2D eigenvalue weighted by Crippen LogP contribution is -2.30. The zero-order chi connectivity index (χ0) is 26.7. The molecule has 0 fully saturated rings. The van der Waals surface area contributed by atoms with Gasteiger partial charge in [-0.25, -0.2) is 0 Å². The van der Waals surface area contributed by atoms with Crippen molar-refractivity contribution < 1.29 is 18.0 Å². The molecular weight excluding hydrogens is 492 g/mol. The molecule has 0 radical (unpaired) electrons. The Bertz CT molecular complexity index is 1720. The fourth-order valence-electron chi connectivity index (χ4n) is 4.90. The number of para-hydroxylation sites is 2. The van der Waals surface area contributed by atoms with Gasteiger partial charge in [-0.15, -0.1) is 9.13 Å². The zero-order valence-electron chi connectivity index (χ0n) is 21.7. The van der Waals surface area contributed by atoms with Crippen LogP contribution in [0, 0.1) is 0 Å². The van der Waals surface area contributed by atoms with E-state index in [1.54, 1.807) is 0 Å². The van der Waals surface area contributed by atoms with Gasteiger partial charge in [-0.05, 0) is 24.3 Å². The third kappa shape index (κ3) is 4.52. The van der Waals surface area contributed by atoms with Crippen LogP contribution in [0.15, 0.2) is 167 Å². The first-order valence-electron chi connectivity index (χ1n) is 13.3. The lowest BCUT2D eigenvalue weighted by Gasteiger charge is -1.99. The molecule has 0 aliphatic heterocycles. The van der Waals surface area contributed by atoms with E-state index in [9.17, 15) is 0 Å². The van der Waals surface area contributed by atoms with Crippen LogP contribution in [0.25, 0.3) is 56.9 Å². The van der Waals surface area contributed by atoms with Crippen molar-refractivity contribution in [2.24, 2.45) is 0 Å². The van der Waals surface area contributed by atoms with Gasteiger partial charge in [0, 0.05) is 35.4 Å². The minimum absolute atomic E-state index is 0.761. The smallest absolute Gasteiger partial charge is 0.387 e. The number of hydrogen-bond donors (Lipinski definition) is 0. The Morgan fingerprint density at radius 1 is 0.325 bits per heavy atom. The quantitative estimate of drug-likeness (QED) is 0.209. The molecule has 0 aliphatic carbocycles. The normalized spacial score (nSPS) is 11.0. The number of hydrogen-bond acceptors (Lipinski definition) is 2. The molecule has 7 rings (SSSR count). The molecule has 2 heterocycles. The number of aromatic nitrogens is 2. The van der Waals surface area contributed by atoms with Crippen molar-refractivity contribution in [1.29, 1.82) is 0 Å². The first kappa shape index (κ1) is 23.6. The first-order valence-corrected chi connectivity index (χ1v) is 13.3. The highest BCUT2D eigenvalue weighted by atomic mass is 16.4. The average molecular weight is 519 g/mol. The Labute approximate surface area is 232 Å². The van der Waals surface area contributed by atoms with Crippen LogP contribution in [-0.4, -0.2) is 0 Å². The van der Waals surface area contributed by atoms with Crippen molar-refractivity contribution in [1.82, 2.24) is 0 Å². The van der Waals surface area contributed by atoms with Gasteiger partial charge in [0.2, 0.25) is 35.3 Å². The van der Waals surface area contributed by atoms with Crippen LogP contribution in [0.2, 0.25) is 0 Å². The summed E-state index contributed by atoms with van der Waals surface area (Å²) in [5.74, 6) is 3.14. The fraction of sp³-hybridized carbons (Fsp3) is 0. The summed E-state index contributed by atoms with van der Waals surface area (Å²) < 4.78 is 17.2. The number of rotatable bonds is 6. The molecule has 0 amide bonds. The van der Waals surface area contributed by atoms with Gasteiger partial charge in [-0.1, -0.05) is 97.1 Å². The second kappa shape index (κ2) is 10.4. The lowest BCUT2D eigenvalue weighted by atomic mass is 10.1. The van der Waals surface area contributed by atoms with Crippen LogP contribution in [0.5, 0.6) is 0 Å². The van der Waals surface area contributed by atoms with Crippen molar-refractivity contribution in [3.8, 4) is 56.9 Å².